The quantitative estimate of drug-likeness (QED) is 0.533. The fourth-order valence-corrected chi connectivity index (χ4v) is 3.62. The Morgan fingerprint density at radius 3 is 2.81 bits per heavy atom. The van der Waals surface area contributed by atoms with Gasteiger partial charge in [-0.15, -0.1) is 5.10 Å². The molecule has 0 aliphatic rings. The van der Waals surface area contributed by atoms with Crippen LogP contribution in [0.25, 0.3) is 33.9 Å². The number of benzene rings is 1. The predicted molar refractivity (Wildman–Crippen MR) is 97.6 cm³/mol. The zero-order valence-electron chi connectivity index (χ0n) is 13.3. The summed E-state index contributed by atoms with van der Waals surface area (Å²) >= 11 is 1.28. The summed E-state index contributed by atoms with van der Waals surface area (Å²) in [6.45, 7) is 0. The van der Waals surface area contributed by atoms with Gasteiger partial charge in [-0.1, -0.05) is 41.7 Å². The third kappa shape index (κ3) is 2.35. The molecule has 0 aliphatic carbocycles. The first-order chi connectivity index (χ1) is 12.8. The molecule has 0 radical (unpaired) electrons. The van der Waals surface area contributed by atoms with Crippen LogP contribution >= 0.6 is 11.3 Å². The van der Waals surface area contributed by atoms with Gasteiger partial charge in [0.15, 0.2) is 5.76 Å². The van der Waals surface area contributed by atoms with Gasteiger partial charge in [-0.25, -0.2) is 0 Å². The minimum atomic E-state index is -0.212. The van der Waals surface area contributed by atoms with Crippen LogP contribution in [0.5, 0.6) is 0 Å². The highest BCUT2D eigenvalue weighted by molar-refractivity contribution is 7.15. The highest BCUT2D eigenvalue weighted by Gasteiger charge is 2.14. The molecule has 26 heavy (non-hydrogen) atoms. The Labute approximate surface area is 150 Å². The first-order valence-electron chi connectivity index (χ1n) is 7.83. The van der Waals surface area contributed by atoms with Gasteiger partial charge in [0.2, 0.25) is 10.8 Å². The van der Waals surface area contributed by atoms with Crippen molar-refractivity contribution in [2.45, 2.75) is 0 Å². The van der Waals surface area contributed by atoms with Gasteiger partial charge in [-0.05, 0) is 18.2 Å². The molecule has 1 aromatic carbocycles. The molecule has 0 saturated carbocycles. The largest absolute Gasteiger partial charge is 0.461 e. The molecule has 0 spiro atoms. The van der Waals surface area contributed by atoms with Crippen LogP contribution in [0.15, 0.2) is 64.1 Å². The number of nitrogens with one attached hydrogen (secondary N) is 1. The molecule has 0 fully saturated rings. The normalized spacial score (nSPS) is 12.2. The summed E-state index contributed by atoms with van der Waals surface area (Å²) in [6.07, 6.45) is 5.06. The maximum atomic E-state index is 12.7. The lowest BCUT2D eigenvalue weighted by Gasteiger charge is -1.98. The summed E-state index contributed by atoms with van der Waals surface area (Å²) in [5.41, 5.74) is 2.49. The number of rotatable bonds is 3. The molecule has 0 saturated heterocycles. The van der Waals surface area contributed by atoms with Crippen LogP contribution in [0.3, 0.4) is 0 Å². The lowest BCUT2D eigenvalue weighted by atomic mass is 10.1. The van der Waals surface area contributed by atoms with Crippen LogP contribution < -0.4 is 10.1 Å². The maximum Gasteiger partial charge on any atom is 0.291 e. The van der Waals surface area contributed by atoms with E-state index in [0.29, 0.717) is 21.1 Å². The predicted octanol–water partition coefficient (Wildman–Crippen LogP) is 2.35. The van der Waals surface area contributed by atoms with Gasteiger partial charge in [-0.3, -0.25) is 9.89 Å². The number of thiazole rings is 1. The minimum Gasteiger partial charge on any atom is -0.461 e. The molecule has 4 heterocycles. The van der Waals surface area contributed by atoms with Crippen LogP contribution in [0, 0.1) is 0 Å². The zero-order valence-corrected chi connectivity index (χ0v) is 14.1. The molecule has 1 N–H and O–H groups in total. The van der Waals surface area contributed by atoms with Crippen molar-refractivity contribution in [2.75, 3.05) is 0 Å². The highest BCUT2D eigenvalue weighted by Crippen LogP contribution is 2.21. The molecule has 126 valence electrons. The number of fused-ring (bicyclic) bond motifs is 1. The summed E-state index contributed by atoms with van der Waals surface area (Å²) in [4.78, 5) is 17.6. The van der Waals surface area contributed by atoms with Crippen LogP contribution in [-0.2, 0) is 0 Å². The van der Waals surface area contributed by atoms with Gasteiger partial charge in [0, 0.05) is 11.1 Å². The molecule has 7 nitrogen and oxygen atoms in total. The van der Waals surface area contributed by atoms with E-state index in [1.54, 1.807) is 24.6 Å². The topological polar surface area (TPSA) is 89.1 Å². The molecule has 0 bridgehead atoms. The van der Waals surface area contributed by atoms with E-state index in [-0.39, 0.29) is 5.56 Å². The van der Waals surface area contributed by atoms with Crippen molar-refractivity contribution in [2.24, 2.45) is 0 Å². The SMILES string of the molecule is O=c1c(=Cc2cn[nH]c2-c2ccccc2)sc2nc(-c3ccco3)nn12. The average molecular weight is 361 g/mol. The van der Waals surface area contributed by atoms with Crippen LogP contribution in [0.4, 0.5) is 0 Å². The van der Waals surface area contributed by atoms with Crippen LogP contribution in [0.2, 0.25) is 0 Å². The van der Waals surface area contributed by atoms with E-state index in [2.05, 4.69) is 20.3 Å². The van der Waals surface area contributed by atoms with E-state index in [4.69, 9.17) is 4.42 Å². The molecular weight excluding hydrogens is 350 g/mol. The third-order valence-corrected chi connectivity index (χ3v) is 4.90. The fourth-order valence-electron chi connectivity index (χ4n) is 2.73. The van der Waals surface area contributed by atoms with Crippen molar-refractivity contribution in [1.29, 1.82) is 0 Å². The minimum absolute atomic E-state index is 0.212. The van der Waals surface area contributed by atoms with Crippen molar-refractivity contribution >= 4 is 22.4 Å². The Morgan fingerprint density at radius 1 is 1.15 bits per heavy atom. The molecule has 4 aromatic heterocycles. The molecular formula is C18H11N5O2S. The third-order valence-electron chi connectivity index (χ3n) is 3.94. The number of furan rings is 1. The summed E-state index contributed by atoms with van der Waals surface area (Å²) in [5.74, 6) is 0.935. The first kappa shape index (κ1) is 14.8. The highest BCUT2D eigenvalue weighted by atomic mass is 32.1. The maximum absolute atomic E-state index is 12.7. The Kier molecular flexibility index (Phi) is 3.29. The Hall–Kier alpha value is -3.52. The molecule has 0 amide bonds. The van der Waals surface area contributed by atoms with Crippen molar-refractivity contribution in [3.63, 3.8) is 0 Å². The number of hydrogen-bond acceptors (Lipinski definition) is 6. The molecule has 0 aliphatic heterocycles. The van der Waals surface area contributed by atoms with Gasteiger partial charge in [0.05, 0.1) is 22.7 Å². The van der Waals surface area contributed by atoms with Crippen molar-refractivity contribution in [3.05, 3.63) is 75.4 Å². The zero-order chi connectivity index (χ0) is 17.5. The summed E-state index contributed by atoms with van der Waals surface area (Å²) in [7, 11) is 0. The summed E-state index contributed by atoms with van der Waals surface area (Å²) in [6, 6.07) is 13.4. The lowest BCUT2D eigenvalue weighted by molar-refractivity contribution is 0.577. The smallest absolute Gasteiger partial charge is 0.291 e. The number of aromatic nitrogens is 5. The average Bonchev–Trinajstić information content (AvgIpc) is 3.43. The van der Waals surface area contributed by atoms with Crippen molar-refractivity contribution in [1.82, 2.24) is 24.8 Å². The van der Waals surface area contributed by atoms with Gasteiger partial charge in [0.1, 0.15) is 0 Å². The van der Waals surface area contributed by atoms with Crippen LogP contribution in [-0.4, -0.2) is 24.8 Å². The van der Waals surface area contributed by atoms with E-state index >= 15 is 0 Å². The van der Waals surface area contributed by atoms with Gasteiger partial charge < -0.3 is 4.42 Å². The second kappa shape index (κ2) is 5.78. The second-order valence-electron chi connectivity index (χ2n) is 5.59. The second-order valence-corrected chi connectivity index (χ2v) is 6.60. The monoisotopic (exact) mass is 361 g/mol. The number of H-pyrrole nitrogens is 1. The van der Waals surface area contributed by atoms with E-state index < -0.39 is 0 Å². The molecule has 0 unspecified atom stereocenters. The first-order valence-corrected chi connectivity index (χ1v) is 8.65. The fraction of sp³-hybridized carbons (Fsp3) is 0. The Bertz CT molecular complexity index is 1300. The number of aromatic amines is 1. The molecule has 8 heteroatoms. The van der Waals surface area contributed by atoms with E-state index in [9.17, 15) is 4.79 Å². The van der Waals surface area contributed by atoms with Gasteiger partial charge in [-0.2, -0.15) is 14.6 Å². The number of nitrogens with zero attached hydrogens (tertiary/aromatic N) is 4. The summed E-state index contributed by atoms with van der Waals surface area (Å²) in [5, 5.41) is 11.3. The van der Waals surface area contributed by atoms with E-state index in [1.807, 2.05) is 36.4 Å². The van der Waals surface area contributed by atoms with Crippen molar-refractivity contribution in [3.8, 4) is 22.8 Å². The van der Waals surface area contributed by atoms with E-state index in [1.165, 1.54) is 15.9 Å². The standard InChI is InChI=1S/C18H11N5O2S/c24-17-14(9-12-10-19-21-15(12)11-5-2-1-3-6-11)26-18-20-16(22-23(17)18)13-7-4-8-25-13/h1-10H,(H,19,21). The lowest BCUT2D eigenvalue weighted by Crippen LogP contribution is -2.23. The summed E-state index contributed by atoms with van der Waals surface area (Å²) < 4.78 is 7.13. The Morgan fingerprint density at radius 2 is 2.04 bits per heavy atom. The van der Waals surface area contributed by atoms with Gasteiger partial charge >= 0.3 is 0 Å². The molecule has 5 aromatic rings. The molecule has 5 rings (SSSR count). The van der Waals surface area contributed by atoms with Crippen molar-refractivity contribution < 1.29 is 4.42 Å². The Balaban J connectivity index is 1.62. The van der Waals surface area contributed by atoms with Crippen LogP contribution in [0.1, 0.15) is 5.56 Å². The number of hydrogen-bond donors (Lipinski definition) is 1. The van der Waals surface area contributed by atoms with E-state index in [0.717, 1.165) is 16.8 Å². The van der Waals surface area contributed by atoms with Gasteiger partial charge in [0.25, 0.3) is 5.56 Å². The molecule has 0 atom stereocenters.